The van der Waals surface area contributed by atoms with Gasteiger partial charge in [0.1, 0.15) is 0 Å². The summed E-state index contributed by atoms with van der Waals surface area (Å²) in [5.74, 6) is 0. The van der Waals surface area contributed by atoms with Gasteiger partial charge in [0.2, 0.25) is 0 Å². The number of rotatable bonds is 5. The van der Waals surface area contributed by atoms with Gasteiger partial charge >= 0.3 is 0 Å². The molecule has 0 aromatic heterocycles. The van der Waals surface area contributed by atoms with Crippen LogP contribution < -0.4 is 5.73 Å². The van der Waals surface area contributed by atoms with Crippen LogP contribution in [0.25, 0.3) is 0 Å². The van der Waals surface area contributed by atoms with Crippen LogP contribution in [0, 0.1) is 0 Å². The number of benzene rings is 1. The molecule has 0 saturated heterocycles. The summed E-state index contributed by atoms with van der Waals surface area (Å²) in [6.45, 7) is 1.10. The Morgan fingerprint density at radius 3 is 2.78 bits per heavy atom. The summed E-state index contributed by atoms with van der Waals surface area (Å²) in [5.41, 5.74) is 7.49. The van der Waals surface area contributed by atoms with E-state index in [1.807, 2.05) is 6.07 Å². The van der Waals surface area contributed by atoms with Gasteiger partial charge in [-0.3, -0.25) is 0 Å². The first-order valence-electron chi connectivity index (χ1n) is 6.88. The Morgan fingerprint density at radius 2 is 2.11 bits per heavy atom. The molecule has 0 amide bonds. The Hall–Kier alpha value is -0.380. The van der Waals surface area contributed by atoms with Gasteiger partial charge in [0.25, 0.3) is 0 Å². The summed E-state index contributed by atoms with van der Waals surface area (Å²) >= 11 is 3.50. The average Bonchev–Trinajstić information content (AvgIpc) is 2.89. The molecule has 0 spiro atoms. The molecule has 18 heavy (non-hydrogen) atoms. The molecule has 1 atom stereocenters. The molecule has 1 unspecified atom stereocenters. The van der Waals surface area contributed by atoms with Gasteiger partial charge < -0.3 is 10.6 Å². The maximum atomic E-state index is 6.26. The van der Waals surface area contributed by atoms with Crippen molar-refractivity contribution < 1.29 is 0 Å². The highest BCUT2D eigenvalue weighted by molar-refractivity contribution is 9.10. The van der Waals surface area contributed by atoms with Gasteiger partial charge in [-0.15, -0.1) is 0 Å². The topological polar surface area (TPSA) is 29.3 Å². The fourth-order valence-corrected chi connectivity index (χ4v) is 3.19. The highest BCUT2D eigenvalue weighted by Gasteiger charge is 2.19. The Balaban J connectivity index is 1.82. The molecule has 100 valence electrons. The van der Waals surface area contributed by atoms with Crippen molar-refractivity contribution in [1.29, 1.82) is 0 Å². The van der Waals surface area contributed by atoms with Crippen molar-refractivity contribution in [2.75, 3.05) is 13.6 Å². The molecule has 1 saturated carbocycles. The lowest BCUT2D eigenvalue weighted by atomic mass is 10.0. The Kier molecular flexibility index (Phi) is 5.22. The van der Waals surface area contributed by atoms with Crippen LogP contribution in [0.2, 0.25) is 0 Å². The van der Waals surface area contributed by atoms with Gasteiger partial charge in [-0.05, 0) is 50.6 Å². The number of halogens is 1. The molecule has 0 bridgehead atoms. The maximum absolute atomic E-state index is 6.26. The van der Waals surface area contributed by atoms with Crippen molar-refractivity contribution in [2.45, 2.75) is 44.2 Å². The quantitative estimate of drug-likeness (QED) is 0.898. The van der Waals surface area contributed by atoms with E-state index in [1.165, 1.54) is 31.2 Å². The van der Waals surface area contributed by atoms with Crippen LogP contribution in [0.1, 0.15) is 43.7 Å². The first-order valence-corrected chi connectivity index (χ1v) is 7.67. The van der Waals surface area contributed by atoms with Crippen molar-refractivity contribution in [1.82, 2.24) is 4.90 Å². The van der Waals surface area contributed by atoms with Gasteiger partial charge in [0.15, 0.2) is 0 Å². The van der Waals surface area contributed by atoms with Gasteiger partial charge in [-0.1, -0.05) is 40.9 Å². The number of nitrogens with two attached hydrogens (primary N) is 1. The molecule has 2 N–H and O–H groups in total. The monoisotopic (exact) mass is 310 g/mol. The van der Waals surface area contributed by atoms with E-state index in [4.69, 9.17) is 5.73 Å². The summed E-state index contributed by atoms with van der Waals surface area (Å²) in [5, 5.41) is 0. The summed E-state index contributed by atoms with van der Waals surface area (Å²) in [7, 11) is 2.24. The summed E-state index contributed by atoms with van der Waals surface area (Å²) < 4.78 is 1.11. The minimum Gasteiger partial charge on any atom is -0.324 e. The van der Waals surface area contributed by atoms with E-state index in [9.17, 15) is 0 Å². The summed E-state index contributed by atoms with van der Waals surface area (Å²) in [4.78, 5) is 2.49. The second-order valence-electron chi connectivity index (χ2n) is 5.37. The molecule has 1 aliphatic carbocycles. The minimum atomic E-state index is 0.145. The van der Waals surface area contributed by atoms with E-state index in [0.29, 0.717) is 0 Å². The van der Waals surface area contributed by atoms with Crippen LogP contribution in [0.15, 0.2) is 28.7 Å². The predicted octanol–water partition coefficient (Wildman–Crippen LogP) is 3.71. The van der Waals surface area contributed by atoms with Crippen LogP contribution in [0.3, 0.4) is 0 Å². The van der Waals surface area contributed by atoms with Crippen molar-refractivity contribution in [3.8, 4) is 0 Å². The summed E-state index contributed by atoms with van der Waals surface area (Å²) in [6.07, 6.45) is 6.55. The zero-order valence-corrected chi connectivity index (χ0v) is 12.7. The fourth-order valence-electron chi connectivity index (χ4n) is 2.77. The second kappa shape index (κ2) is 6.69. The molecule has 2 nitrogen and oxygen atoms in total. The van der Waals surface area contributed by atoms with E-state index in [-0.39, 0.29) is 6.04 Å². The van der Waals surface area contributed by atoms with E-state index >= 15 is 0 Å². The molecule has 0 aliphatic heterocycles. The molecule has 1 aromatic carbocycles. The maximum Gasteiger partial charge on any atom is 0.0307 e. The average molecular weight is 311 g/mol. The van der Waals surface area contributed by atoms with Crippen LogP contribution in [0.4, 0.5) is 0 Å². The fraction of sp³-hybridized carbons (Fsp3) is 0.600. The van der Waals surface area contributed by atoms with Gasteiger partial charge in [0, 0.05) is 16.6 Å². The molecular formula is C15H23BrN2. The Labute approximate surface area is 119 Å². The van der Waals surface area contributed by atoms with Crippen molar-refractivity contribution >= 4 is 15.9 Å². The molecule has 1 aliphatic rings. The third kappa shape index (κ3) is 3.81. The van der Waals surface area contributed by atoms with Gasteiger partial charge in [0.05, 0.1) is 0 Å². The SMILES string of the molecule is CN(CCC(N)c1cccc(Br)c1)C1CCCC1. The molecule has 0 heterocycles. The van der Waals surface area contributed by atoms with Gasteiger partial charge in [-0.25, -0.2) is 0 Å². The van der Waals surface area contributed by atoms with Crippen molar-refractivity contribution in [3.05, 3.63) is 34.3 Å². The Bertz CT molecular complexity index is 375. The lowest BCUT2D eigenvalue weighted by Crippen LogP contribution is -2.31. The second-order valence-corrected chi connectivity index (χ2v) is 6.28. The minimum absolute atomic E-state index is 0.145. The smallest absolute Gasteiger partial charge is 0.0307 e. The predicted molar refractivity (Wildman–Crippen MR) is 80.6 cm³/mol. The Morgan fingerprint density at radius 1 is 1.39 bits per heavy atom. The molecule has 2 rings (SSSR count). The van der Waals surface area contributed by atoms with E-state index in [0.717, 1.165) is 23.5 Å². The largest absolute Gasteiger partial charge is 0.324 e. The van der Waals surface area contributed by atoms with Crippen LogP contribution in [-0.2, 0) is 0 Å². The van der Waals surface area contributed by atoms with E-state index in [1.54, 1.807) is 0 Å². The van der Waals surface area contributed by atoms with Gasteiger partial charge in [-0.2, -0.15) is 0 Å². The third-order valence-corrected chi connectivity index (χ3v) is 4.51. The lowest BCUT2D eigenvalue weighted by molar-refractivity contribution is 0.237. The molecule has 3 heteroatoms. The molecular weight excluding hydrogens is 288 g/mol. The molecule has 1 aromatic rings. The first-order chi connectivity index (χ1) is 8.66. The highest BCUT2D eigenvalue weighted by atomic mass is 79.9. The van der Waals surface area contributed by atoms with Crippen LogP contribution in [0.5, 0.6) is 0 Å². The number of hydrogen-bond acceptors (Lipinski definition) is 2. The molecule has 1 fully saturated rings. The highest BCUT2D eigenvalue weighted by Crippen LogP contribution is 2.24. The normalized spacial score (nSPS) is 18.4. The standard InChI is InChI=1S/C15H23BrN2/c1-18(14-7-2-3-8-14)10-9-15(17)12-5-4-6-13(16)11-12/h4-6,11,14-15H,2-3,7-10,17H2,1H3. The summed E-state index contributed by atoms with van der Waals surface area (Å²) in [6, 6.07) is 9.28. The van der Waals surface area contributed by atoms with Crippen molar-refractivity contribution in [2.24, 2.45) is 5.73 Å². The zero-order valence-electron chi connectivity index (χ0n) is 11.1. The zero-order chi connectivity index (χ0) is 13.0. The first kappa shape index (κ1) is 14.0. The van der Waals surface area contributed by atoms with Crippen LogP contribution >= 0.6 is 15.9 Å². The van der Waals surface area contributed by atoms with Crippen molar-refractivity contribution in [3.63, 3.8) is 0 Å². The van der Waals surface area contributed by atoms with E-state index in [2.05, 4.69) is 46.1 Å². The lowest BCUT2D eigenvalue weighted by Gasteiger charge is -2.25. The number of hydrogen-bond donors (Lipinski definition) is 1. The van der Waals surface area contributed by atoms with E-state index < -0.39 is 0 Å². The molecule has 0 radical (unpaired) electrons. The third-order valence-electron chi connectivity index (χ3n) is 4.02. The number of nitrogens with zero attached hydrogens (tertiary/aromatic N) is 1. The van der Waals surface area contributed by atoms with Crippen LogP contribution in [-0.4, -0.2) is 24.5 Å².